The number of aliphatic hydroxyl groups is 1. The van der Waals surface area contributed by atoms with E-state index in [9.17, 15) is 23.1 Å². The highest BCUT2D eigenvalue weighted by Gasteiger charge is 2.33. The van der Waals surface area contributed by atoms with Gasteiger partial charge in [0, 0.05) is 43.5 Å². The SMILES string of the molecule is CC(C)(C)OC(=O)N1CCN(Cc2oc(S(=O)(=O)NC(=O)Nc3c4c(cc5c3CCC5)CCC4)cc2C(C)(C)O)CC1. The zero-order chi connectivity index (χ0) is 30.4. The normalized spacial score (nSPS) is 17.6. The number of ether oxygens (including phenoxy) is 1. The van der Waals surface area contributed by atoms with Crippen molar-refractivity contribution in [2.45, 2.75) is 96.0 Å². The summed E-state index contributed by atoms with van der Waals surface area (Å²) in [6, 6.07) is 2.68. The lowest BCUT2D eigenvalue weighted by Gasteiger charge is -2.35. The number of furan rings is 1. The van der Waals surface area contributed by atoms with Crippen LogP contribution in [0.3, 0.4) is 0 Å². The Hall–Kier alpha value is -3.09. The molecule has 2 aliphatic carbocycles. The number of piperazine rings is 1. The Bertz CT molecular complexity index is 1440. The molecule has 1 fully saturated rings. The highest BCUT2D eigenvalue weighted by molar-refractivity contribution is 7.89. The second-order valence-corrected chi connectivity index (χ2v) is 14.6. The first kappa shape index (κ1) is 30.4. The predicted molar refractivity (Wildman–Crippen MR) is 157 cm³/mol. The Morgan fingerprint density at radius 1 is 0.952 bits per heavy atom. The van der Waals surface area contributed by atoms with Gasteiger partial charge in [0.25, 0.3) is 10.0 Å². The summed E-state index contributed by atoms with van der Waals surface area (Å²) in [5, 5.41) is 13.2. The summed E-state index contributed by atoms with van der Waals surface area (Å²) in [6.45, 7) is 10.7. The first-order valence-corrected chi connectivity index (χ1v) is 16.2. The van der Waals surface area contributed by atoms with Gasteiger partial charge in [0.1, 0.15) is 11.4 Å². The lowest BCUT2D eigenvalue weighted by atomic mass is 9.98. The summed E-state index contributed by atoms with van der Waals surface area (Å²) in [5.74, 6) is 0.285. The molecule has 42 heavy (non-hydrogen) atoms. The van der Waals surface area contributed by atoms with E-state index in [1.165, 1.54) is 17.2 Å². The lowest BCUT2D eigenvalue weighted by molar-refractivity contribution is 0.0131. The Labute approximate surface area is 247 Å². The predicted octanol–water partition coefficient (Wildman–Crippen LogP) is 4.05. The summed E-state index contributed by atoms with van der Waals surface area (Å²) in [4.78, 5) is 29.1. The molecule has 0 atom stereocenters. The largest absolute Gasteiger partial charge is 0.446 e. The van der Waals surface area contributed by atoms with Crippen LogP contribution in [0.15, 0.2) is 21.6 Å². The van der Waals surface area contributed by atoms with E-state index < -0.39 is 32.3 Å². The van der Waals surface area contributed by atoms with Gasteiger partial charge in [0.2, 0.25) is 5.09 Å². The van der Waals surface area contributed by atoms with Crippen LogP contribution in [0.1, 0.15) is 81.0 Å². The van der Waals surface area contributed by atoms with Crippen LogP contribution in [0.2, 0.25) is 0 Å². The fraction of sp³-hybridized carbons (Fsp3) is 0.600. The first-order chi connectivity index (χ1) is 19.6. The van der Waals surface area contributed by atoms with Crippen LogP contribution >= 0.6 is 0 Å². The lowest BCUT2D eigenvalue weighted by Crippen LogP contribution is -2.49. The molecule has 1 aromatic carbocycles. The fourth-order valence-corrected chi connectivity index (χ4v) is 6.95. The van der Waals surface area contributed by atoms with Crippen molar-refractivity contribution in [1.29, 1.82) is 0 Å². The van der Waals surface area contributed by atoms with Crippen molar-refractivity contribution < 1.29 is 32.3 Å². The summed E-state index contributed by atoms with van der Waals surface area (Å²) in [7, 11) is -4.38. The fourth-order valence-electron chi connectivity index (χ4n) is 6.07. The first-order valence-electron chi connectivity index (χ1n) is 14.7. The molecule has 0 spiro atoms. The number of carbonyl (C=O) groups excluding carboxylic acids is 2. The number of amides is 3. The number of hydrogen-bond donors (Lipinski definition) is 3. The number of carbonyl (C=O) groups is 2. The van der Waals surface area contributed by atoms with E-state index in [0.29, 0.717) is 31.7 Å². The topological polar surface area (TPSA) is 141 Å². The Morgan fingerprint density at radius 3 is 2.10 bits per heavy atom. The number of benzene rings is 1. The maximum absolute atomic E-state index is 13.3. The molecule has 12 heteroatoms. The van der Waals surface area contributed by atoms with E-state index in [4.69, 9.17) is 9.15 Å². The van der Waals surface area contributed by atoms with Crippen LogP contribution in [-0.2, 0) is 52.6 Å². The van der Waals surface area contributed by atoms with E-state index in [1.54, 1.807) is 18.7 Å². The van der Waals surface area contributed by atoms with Gasteiger partial charge in [-0.15, -0.1) is 0 Å². The molecule has 0 saturated carbocycles. The van der Waals surface area contributed by atoms with Crippen molar-refractivity contribution in [3.63, 3.8) is 0 Å². The molecule has 11 nitrogen and oxygen atoms in total. The van der Waals surface area contributed by atoms with Crippen molar-refractivity contribution in [3.05, 3.63) is 45.7 Å². The van der Waals surface area contributed by atoms with Crippen molar-refractivity contribution in [1.82, 2.24) is 14.5 Å². The molecule has 3 N–H and O–H groups in total. The number of nitrogens with one attached hydrogen (secondary N) is 2. The van der Waals surface area contributed by atoms with E-state index in [0.717, 1.165) is 55.3 Å². The molecule has 2 heterocycles. The number of sulfonamides is 1. The molecule has 230 valence electrons. The Balaban J connectivity index is 1.29. The van der Waals surface area contributed by atoms with Gasteiger partial charge in [-0.05, 0) is 95.4 Å². The summed E-state index contributed by atoms with van der Waals surface area (Å²) >= 11 is 0. The highest BCUT2D eigenvalue weighted by atomic mass is 32.2. The number of hydrogen-bond acceptors (Lipinski definition) is 8. The molecule has 3 amide bonds. The third kappa shape index (κ3) is 6.60. The van der Waals surface area contributed by atoms with Crippen molar-refractivity contribution in [3.8, 4) is 0 Å². The van der Waals surface area contributed by atoms with Crippen molar-refractivity contribution in [2.24, 2.45) is 0 Å². The van der Waals surface area contributed by atoms with Gasteiger partial charge in [0.15, 0.2) is 0 Å². The summed E-state index contributed by atoms with van der Waals surface area (Å²) in [5.41, 5.74) is 3.73. The molecule has 3 aliphatic rings. The molecule has 2 aromatic rings. The maximum Gasteiger partial charge on any atom is 0.410 e. The van der Waals surface area contributed by atoms with Crippen molar-refractivity contribution >= 4 is 27.8 Å². The van der Waals surface area contributed by atoms with Crippen LogP contribution in [0, 0.1) is 0 Å². The average molecular weight is 603 g/mol. The zero-order valence-corrected chi connectivity index (χ0v) is 25.9. The highest BCUT2D eigenvalue weighted by Crippen LogP contribution is 2.38. The number of fused-ring (bicyclic) bond motifs is 2. The van der Waals surface area contributed by atoms with E-state index in [-0.39, 0.29) is 18.4 Å². The molecule has 5 rings (SSSR count). The molecular formula is C30H42N4O7S. The van der Waals surface area contributed by atoms with Gasteiger partial charge >= 0.3 is 12.1 Å². The van der Waals surface area contributed by atoms with E-state index in [1.807, 2.05) is 25.7 Å². The standard InChI is InChI=1S/C30H42N4O7S/c1-29(2,3)41-28(36)34-14-12-33(13-15-34)18-24-23(30(4,5)37)17-25(40-24)42(38,39)32-27(35)31-26-21-10-6-8-19(21)16-20-9-7-11-22(20)26/h16-17,37H,6-15,18H2,1-5H3,(H2,31,32,35). The van der Waals surface area contributed by atoms with E-state index in [2.05, 4.69) is 16.1 Å². The van der Waals surface area contributed by atoms with Gasteiger partial charge in [-0.1, -0.05) is 6.07 Å². The minimum atomic E-state index is -4.38. The van der Waals surface area contributed by atoms with E-state index >= 15 is 0 Å². The van der Waals surface area contributed by atoms with Gasteiger partial charge in [0.05, 0.1) is 12.1 Å². The smallest absolute Gasteiger partial charge is 0.410 e. The third-order valence-electron chi connectivity index (χ3n) is 8.04. The van der Waals surface area contributed by atoms with Crippen molar-refractivity contribution in [2.75, 3.05) is 31.5 Å². The molecule has 0 radical (unpaired) electrons. The Kier molecular flexibility index (Phi) is 8.10. The molecule has 0 unspecified atom stereocenters. The minimum Gasteiger partial charge on any atom is -0.446 e. The van der Waals surface area contributed by atoms with Gasteiger partial charge in [-0.3, -0.25) is 4.90 Å². The van der Waals surface area contributed by atoms with Crippen LogP contribution in [-0.4, -0.2) is 67.2 Å². The van der Waals surface area contributed by atoms with Crippen LogP contribution in [0.5, 0.6) is 0 Å². The number of anilines is 1. The number of aryl methyl sites for hydroxylation is 2. The zero-order valence-electron chi connectivity index (χ0n) is 25.1. The average Bonchev–Trinajstić information content (AvgIpc) is 3.62. The quantitative estimate of drug-likeness (QED) is 0.450. The maximum atomic E-state index is 13.3. The summed E-state index contributed by atoms with van der Waals surface area (Å²) < 4.78 is 40.0. The van der Waals surface area contributed by atoms with Crippen LogP contribution in [0.4, 0.5) is 15.3 Å². The number of urea groups is 1. The molecule has 1 aliphatic heterocycles. The second kappa shape index (κ2) is 11.2. The number of rotatable bonds is 6. The second-order valence-electron chi connectivity index (χ2n) is 13.0. The Morgan fingerprint density at radius 2 is 1.55 bits per heavy atom. The molecule has 1 saturated heterocycles. The number of nitrogens with zero attached hydrogens (tertiary/aromatic N) is 2. The van der Waals surface area contributed by atoms with Gasteiger partial charge in [-0.25, -0.2) is 14.3 Å². The monoisotopic (exact) mass is 602 g/mol. The van der Waals surface area contributed by atoms with Gasteiger partial charge < -0.3 is 24.5 Å². The molecule has 0 bridgehead atoms. The third-order valence-corrected chi connectivity index (χ3v) is 9.23. The molecular weight excluding hydrogens is 560 g/mol. The summed E-state index contributed by atoms with van der Waals surface area (Å²) in [6.07, 6.45) is 5.28. The minimum absolute atomic E-state index is 0.228. The van der Waals surface area contributed by atoms with Crippen LogP contribution < -0.4 is 10.0 Å². The van der Waals surface area contributed by atoms with Gasteiger partial charge in [-0.2, -0.15) is 8.42 Å². The molecule has 1 aromatic heterocycles. The van der Waals surface area contributed by atoms with Crippen LogP contribution in [0.25, 0.3) is 0 Å².